The van der Waals surface area contributed by atoms with Crippen LogP contribution >= 0.6 is 22.9 Å². The maximum absolute atomic E-state index is 11.6. The SMILES string of the molecule is CC(C)(C)NCCC(=O)Cc1ccc(Cl)s1. The molecule has 1 rings (SSSR count). The quantitative estimate of drug-likeness (QED) is 0.879. The second-order valence-electron chi connectivity index (χ2n) is 4.85. The summed E-state index contributed by atoms with van der Waals surface area (Å²) >= 11 is 7.28. The standard InChI is InChI=1S/C12H18ClNOS/c1-12(2,3)14-7-6-9(15)8-10-4-5-11(13)16-10/h4-5,14H,6-8H2,1-3H3. The van der Waals surface area contributed by atoms with Crippen molar-refractivity contribution in [3.05, 3.63) is 21.3 Å². The Bertz CT molecular complexity index is 354. The number of halogens is 1. The minimum Gasteiger partial charge on any atom is -0.312 e. The van der Waals surface area contributed by atoms with Crippen molar-refractivity contribution in [3.63, 3.8) is 0 Å². The summed E-state index contributed by atoms with van der Waals surface area (Å²) in [5.74, 6) is 0.260. The van der Waals surface area contributed by atoms with Crippen molar-refractivity contribution in [1.29, 1.82) is 0 Å². The van der Waals surface area contributed by atoms with E-state index in [1.54, 1.807) is 0 Å². The van der Waals surface area contributed by atoms with Gasteiger partial charge >= 0.3 is 0 Å². The molecule has 0 aliphatic carbocycles. The van der Waals surface area contributed by atoms with Crippen molar-refractivity contribution >= 4 is 28.7 Å². The lowest BCUT2D eigenvalue weighted by Crippen LogP contribution is -2.37. The van der Waals surface area contributed by atoms with Crippen LogP contribution in [0.4, 0.5) is 0 Å². The van der Waals surface area contributed by atoms with Gasteiger partial charge in [0.25, 0.3) is 0 Å². The number of hydrogen-bond donors (Lipinski definition) is 1. The van der Waals surface area contributed by atoms with Gasteiger partial charge in [0, 0.05) is 29.8 Å². The zero-order valence-electron chi connectivity index (χ0n) is 9.97. The topological polar surface area (TPSA) is 29.1 Å². The van der Waals surface area contributed by atoms with Crippen LogP contribution in [0.15, 0.2) is 12.1 Å². The van der Waals surface area contributed by atoms with E-state index in [-0.39, 0.29) is 11.3 Å². The third kappa shape index (κ3) is 5.64. The Balaban J connectivity index is 2.26. The molecule has 0 amide bonds. The first-order valence-corrected chi connectivity index (χ1v) is 6.57. The number of carbonyl (C=O) groups excluding carboxylic acids is 1. The lowest BCUT2D eigenvalue weighted by atomic mass is 10.1. The predicted octanol–water partition coefficient (Wildman–Crippen LogP) is 3.29. The summed E-state index contributed by atoms with van der Waals surface area (Å²) < 4.78 is 0.746. The molecular formula is C12H18ClNOS. The van der Waals surface area contributed by atoms with Gasteiger partial charge in [0.05, 0.1) is 4.34 Å². The molecule has 0 atom stereocenters. The molecule has 1 aromatic heterocycles. The summed E-state index contributed by atoms with van der Waals surface area (Å²) in [6.07, 6.45) is 1.08. The fraction of sp³-hybridized carbons (Fsp3) is 0.583. The van der Waals surface area contributed by atoms with Gasteiger partial charge in [-0.3, -0.25) is 4.79 Å². The zero-order valence-corrected chi connectivity index (χ0v) is 11.5. The van der Waals surface area contributed by atoms with Crippen LogP contribution in [0.25, 0.3) is 0 Å². The summed E-state index contributed by atoms with van der Waals surface area (Å²) in [6.45, 7) is 7.02. The second-order valence-corrected chi connectivity index (χ2v) is 6.65. The average molecular weight is 260 g/mol. The van der Waals surface area contributed by atoms with E-state index in [2.05, 4.69) is 26.1 Å². The lowest BCUT2D eigenvalue weighted by molar-refractivity contribution is -0.118. The third-order valence-corrected chi connectivity index (χ3v) is 3.29. The molecule has 16 heavy (non-hydrogen) atoms. The Morgan fingerprint density at radius 2 is 2.12 bits per heavy atom. The van der Waals surface area contributed by atoms with E-state index >= 15 is 0 Å². The molecule has 4 heteroatoms. The Hall–Kier alpha value is -0.380. The highest BCUT2D eigenvalue weighted by atomic mass is 35.5. The highest BCUT2D eigenvalue weighted by Crippen LogP contribution is 2.22. The number of hydrogen-bond acceptors (Lipinski definition) is 3. The average Bonchev–Trinajstić information content (AvgIpc) is 2.48. The van der Waals surface area contributed by atoms with Crippen molar-refractivity contribution in [2.24, 2.45) is 0 Å². The van der Waals surface area contributed by atoms with Gasteiger partial charge in [-0.1, -0.05) is 11.6 Å². The summed E-state index contributed by atoms with van der Waals surface area (Å²) in [5.41, 5.74) is 0.0759. The first-order chi connectivity index (χ1) is 7.37. The van der Waals surface area contributed by atoms with Gasteiger partial charge in [-0.2, -0.15) is 0 Å². The van der Waals surface area contributed by atoms with E-state index < -0.39 is 0 Å². The van der Waals surface area contributed by atoms with Crippen molar-refractivity contribution in [2.45, 2.75) is 39.2 Å². The van der Waals surface area contributed by atoms with Crippen LogP contribution in [0.1, 0.15) is 32.1 Å². The first-order valence-electron chi connectivity index (χ1n) is 5.38. The monoisotopic (exact) mass is 259 g/mol. The highest BCUT2D eigenvalue weighted by Gasteiger charge is 2.10. The largest absolute Gasteiger partial charge is 0.312 e. The summed E-state index contributed by atoms with van der Waals surface area (Å²) in [4.78, 5) is 12.7. The van der Waals surface area contributed by atoms with E-state index in [1.165, 1.54) is 11.3 Å². The second kappa shape index (κ2) is 5.80. The van der Waals surface area contributed by atoms with Crippen molar-refractivity contribution in [2.75, 3.05) is 6.54 Å². The van der Waals surface area contributed by atoms with Crippen LogP contribution in [0.3, 0.4) is 0 Å². The van der Waals surface area contributed by atoms with Gasteiger partial charge in [0.2, 0.25) is 0 Å². The van der Waals surface area contributed by atoms with E-state index in [9.17, 15) is 4.79 Å². The van der Waals surface area contributed by atoms with E-state index in [0.29, 0.717) is 12.8 Å². The van der Waals surface area contributed by atoms with Crippen LogP contribution in [-0.4, -0.2) is 17.9 Å². The highest BCUT2D eigenvalue weighted by molar-refractivity contribution is 7.16. The summed E-state index contributed by atoms with van der Waals surface area (Å²) in [6, 6.07) is 3.75. The number of ketones is 1. The summed E-state index contributed by atoms with van der Waals surface area (Å²) in [7, 11) is 0. The molecular weight excluding hydrogens is 242 g/mol. The third-order valence-electron chi connectivity index (χ3n) is 2.06. The summed E-state index contributed by atoms with van der Waals surface area (Å²) in [5, 5.41) is 3.30. The number of Topliss-reactive ketones (excluding diaryl/α,β-unsaturated/α-hetero) is 1. The molecule has 0 unspecified atom stereocenters. The molecule has 0 saturated heterocycles. The molecule has 1 heterocycles. The number of carbonyl (C=O) groups is 1. The van der Waals surface area contributed by atoms with Gasteiger partial charge in [-0.15, -0.1) is 11.3 Å². The predicted molar refractivity (Wildman–Crippen MR) is 70.4 cm³/mol. The Morgan fingerprint density at radius 1 is 1.44 bits per heavy atom. The fourth-order valence-corrected chi connectivity index (χ4v) is 2.42. The van der Waals surface area contributed by atoms with Crippen LogP contribution in [0.2, 0.25) is 4.34 Å². The molecule has 0 radical (unpaired) electrons. The Labute approximate surface area is 106 Å². The Morgan fingerprint density at radius 3 is 2.62 bits per heavy atom. The van der Waals surface area contributed by atoms with E-state index in [0.717, 1.165) is 15.8 Å². The number of nitrogens with one attached hydrogen (secondary N) is 1. The van der Waals surface area contributed by atoms with Crippen LogP contribution in [0, 0.1) is 0 Å². The minimum atomic E-state index is 0.0759. The molecule has 90 valence electrons. The van der Waals surface area contributed by atoms with Crippen LogP contribution in [-0.2, 0) is 11.2 Å². The van der Waals surface area contributed by atoms with Crippen LogP contribution < -0.4 is 5.32 Å². The lowest BCUT2D eigenvalue weighted by Gasteiger charge is -2.19. The fourth-order valence-electron chi connectivity index (χ4n) is 1.31. The maximum atomic E-state index is 11.6. The van der Waals surface area contributed by atoms with E-state index in [1.807, 2.05) is 12.1 Å². The van der Waals surface area contributed by atoms with Crippen molar-refractivity contribution < 1.29 is 4.79 Å². The molecule has 0 aliphatic rings. The zero-order chi connectivity index (χ0) is 12.2. The maximum Gasteiger partial charge on any atom is 0.139 e. The van der Waals surface area contributed by atoms with Gasteiger partial charge in [-0.05, 0) is 32.9 Å². The molecule has 0 saturated carbocycles. The molecule has 0 aliphatic heterocycles. The normalized spacial score (nSPS) is 11.8. The van der Waals surface area contributed by atoms with E-state index in [4.69, 9.17) is 11.6 Å². The number of thiophene rings is 1. The van der Waals surface area contributed by atoms with Gasteiger partial charge in [0.15, 0.2) is 0 Å². The van der Waals surface area contributed by atoms with Crippen molar-refractivity contribution in [3.8, 4) is 0 Å². The molecule has 0 aromatic carbocycles. The number of rotatable bonds is 5. The molecule has 0 bridgehead atoms. The molecule has 2 nitrogen and oxygen atoms in total. The molecule has 1 aromatic rings. The van der Waals surface area contributed by atoms with Gasteiger partial charge in [0.1, 0.15) is 5.78 Å². The smallest absolute Gasteiger partial charge is 0.139 e. The van der Waals surface area contributed by atoms with Gasteiger partial charge < -0.3 is 5.32 Å². The van der Waals surface area contributed by atoms with Crippen molar-refractivity contribution in [1.82, 2.24) is 5.32 Å². The van der Waals surface area contributed by atoms with Gasteiger partial charge in [-0.25, -0.2) is 0 Å². The van der Waals surface area contributed by atoms with Crippen LogP contribution in [0.5, 0.6) is 0 Å². The first kappa shape index (κ1) is 13.7. The molecule has 0 spiro atoms. The Kier molecular flexibility index (Phi) is 4.96. The minimum absolute atomic E-state index is 0.0759. The molecule has 1 N–H and O–H groups in total. The molecule has 0 fully saturated rings.